The molecule has 0 saturated heterocycles. The van der Waals surface area contributed by atoms with E-state index in [-0.39, 0.29) is 6.61 Å². The smallest absolute Gasteiger partial charge is 0.329 e. The van der Waals surface area contributed by atoms with E-state index in [1.807, 2.05) is 6.92 Å². The third kappa shape index (κ3) is 7.11. The van der Waals surface area contributed by atoms with E-state index in [0.29, 0.717) is 50.7 Å². The zero-order chi connectivity index (χ0) is 25.2. The predicted octanol–water partition coefficient (Wildman–Crippen LogP) is 5.07. The number of hydrogen-bond acceptors (Lipinski definition) is 6. The van der Waals surface area contributed by atoms with E-state index in [0.717, 1.165) is 0 Å². The molecule has 182 valence electrons. The Hall–Kier alpha value is -3.75. The van der Waals surface area contributed by atoms with Gasteiger partial charge in [-0.1, -0.05) is 41.4 Å². The van der Waals surface area contributed by atoms with Gasteiger partial charge in [0, 0.05) is 15.6 Å². The van der Waals surface area contributed by atoms with Crippen molar-refractivity contribution in [3.05, 3.63) is 81.8 Å². The second kappa shape index (κ2) is 12.6. The normalized spacial score (nSPS) is 10.6. The van der Waals surface area contributed by atoms with E-state index < -0.39 is 11.8 Å². The zero-order valence-electron chi connectivity index (χ0n) is 19.0. The van der Waals surface area contributed by atoms with Crippen LogP contribution in [-0.4, -0.2) is 31.7 Å². The molecule has 0 spiro atoms. The molecule has 3 aromatic carbocycles. The summed E-state index contributed by atoms with van der Waals surface area (Å²) >= 11 is 12.4. The largest absolute Gasteiger partial charge is 0.495 e. The number of methoxy groups -OCH3 is 1. The second-order valence-electron chi connectivity index (χ2n) is 6.98. The highest BCUT2D eigenvalue weighted by Crippen LogP contribution is 2.31. The zero-order valence-corrected chi connectivity index (χ0v) is 20.5. The minimum Gasteiger partial charge on any atom is -0.495 e. The number of nitrogens with zero attached hydrogens (tertiary/aromatic N) is 1. The lowest BCUT2D eigenvalue weighted by Crippen LogP contribution is -2.32. The van der Waals surface area contributed by atoms with Gasteiger partial charge in [-0.05, 0) is 55.0 Å². The second-order valence-corrected chi connectivity index (χ2v) is 7.80. The number of ether oxygens (including phenoxy) is 3. The van der Waals surface area contributed by atoms with E-state index in [1.165, 1.54) is 13.3 Å². The highest BCUT2D eigenvalue weighted by Gasteiger charge is 2.15. The molecule has 3 aromatic rings. The highest BCUT2D eigenvalue weighted by atomic mass is 35.5. The first-order valence-corrected chi connectivity index (χ1v) is 11.3. The number of para-hydroxylation sites is 2. The van der Waals surface area contributed by atoms with Gasteiger partial charge in [0.1, 0.15) is 12.4 Å². The summed E-state index contributed by atoms with van der Waals surface area (Å²) in [5.41, 5.74) is 3.84. The molecule has 10 heteroatoms. The lowest BCUT2D eigenvalue weighted by Gasteiger charge is -2.14. The van der Waals surface area contributed by atoms with Crippen molar-refractivity contribution in [3.63, 3.8) is 0 Å². The molecule has 0 saturated carbocycles. The standard InChI is InChI=1S/C25H23Cl2N3O5/c1-3-34-23-13-16(11-12-22(23)35-15-17-18(26)7-6-8-19(17)27)14-28-30-25(32)24(31)29-20-9-4-5-10-21(20)33-2/h4-14H,3,15H2,1-2H3,(H,29,31)(H,30,32)/b28-14-. The molecule has 0 aliphatic heterocycles. The van der Waals surface area contributed by atoms with Crippen LogP contribution in [0.15, 0.2) is 65.8 Å². The number of amides is 2. The van der Waals surface area contributed by atoms with Crippen molar-refractivity contribution in [1.82, 2.24) is 5.43 Å². The quantitative estimate of drug-likeness (QED) is 0.235. The van der Waals surface area contributed by atoms with Gasteiger partial charge in [0.15, 0.2) is 11.5 Å². The van der Waals surface area contributed by atoms with Crippen molar-refractivity contribution in [2.75, 3.05) is 19.0 Å². The van der Waals surface area contributed by atoms with Crippen molar-refractivity contribution in [2.45, 2.75) is 13.5 Å². The van der Waals surface area contributed by atoms with Crippen molar-refractivity contribution >= 4 is 46.9 Å². The SMILES string of the molecule is CCOc1cc(/C=N\NC(=O)C(=O)Nc2ccccc2OC)ccc1OCc1c(Cl)cccc1Cl. The molecule has 8 nitrogen and oxygen atoms in total. The molecule has 2 amide bonds. The van der Waals surface area contributed by atoms with Crippen LogP contribution in [0.2, 0.25) is 10.0 Å². The molecule has 0 radical (unpaired) electrons. The Morgan fingerprint density at radius 2 is 1.66 bits per heavy atom. The number of hydrazone groups is 1. The third-order valence-electron chi connectivity index (χ3n) is 4.64. The summed E-state index contributed by atoms with van der Waals surface area (Å²) in [6.45, 7) is 2.41. The minimum absolute atomic E-state index is 0.156. The fourth-order valence-electron chi connectivity index (χ4n) is 2.96. The topological polar surface area (TPSA) is 98.2 Å². The summed E-state index contributed by atoms with van der Waals surface area (Å²) in [5, 5.41) is 7.33. The molecule has 0 unspecified atom stereocenters. The molecule has 3 rings (SSSR count). The van der Waals surface area contributed by atoms with Crippen molar-refractivity contribution in [3.8, 4) is 17.2 Å². The molecule has 35 heavy (non-hydrogen) atoms. The number of anilines is 1. The monoisotopic (exact) mass is 515 g/mol. The third-order valence-corrected chi connectivity index (χ3v) is 5.35. The fourth-order valence-corrected chi connectivity index (χ4v) is 3.46. The van der Waals surface area contributed by atoms with Gasteiger partial charge in [-0.3, -0.25) is 9.59 Å². The van der Waals surface area contributed by atoms with E-state index in [9.17, 15) is 9.59 Å². The van der Waals surface area contributed by atoms with E-state index in [4.69, 9.17) is 37.4 Å². The maximum atomic E-state index is 12.1. The van der Waals surface area contributed by atoms with Crippen LogP contribution in [0.4, 0.5) is 5.69 Å². The van der Waals surface area contributed by atoms with Crippen LogP contribution >= 0.6 is 23.2 Å². The molecular weight excluding hydrogens is 493 g/mol. The van der Waals surface area contributed by atoms with Crippen LogP contribution in [0, 0.1) is 0 Å². The van der Waals surface area contributed by atoms with Crippen LogP contribution in [0.25, 0.3) is 0 Å². The number of carbonyl (C=O) groups excluding carboxylic acids is 2. The maximum absolute atomic E-state index is 12.1. The van der Waals surface area contributed by atoms with Gasteiger partial charge in [0.25, 0.3) is 0 Å². The average molecular weight is 516 g/mol. The Morgan fingerprint density at radius 1 is 0.914 bits per heavy atom. The predicted molar refractivity (Wildman–Crippen MR) is 136 cm³/mol. The van der Waals surface area contributed by atoms with Crippen molar-refractivity contribution in [1.29, 1.82) is 0 Å². The van der Waals surface area contributed by atoms with Gasteiger partial charge in [-0.15, -0.1) is 0 Å². The van der Waals surface area contributed by atoms with Crippen LogP contribution < -0.4 is 25.0 Å². The lowest BCUT2D eigenvalue weighted by molar-refractivity contribution is -0.136. The first kappa shape index (κ1) is 25.9. The first-order chi connectivity index (χ1) is 16.9. The van der Waals surface area contributed by atoms with Gasteiger partial charge < -0.3 is 19.5 Å². The highest BCUT2D eigenvalue weighted by molar-refractivity contribution is 6.39. The van der Waals surface area contributed by atoms with Crippen LogP contribution in [0.3, 0.4) is 0 Å². The number of halogens is 2. The van der Waals surface area contributed by atoms with Gasteiger partial charge >= 0.3 is 11.8 Å². The molecular formula is C25H23Cl2N3O5. The van der Waals surface area contributed by atoms with Gasteiger partial charge in [-0.25, -0.2) is 5.43 Å². The Morgan fingerprint density at radius 3 is 2.37 bits per heavy atom. The van der Waals surface area contributed by atoms with Crippen LogP contribution in [0.1, 0.15) is 18.1 Å². The Balaban J connectivity index is 1.63. The maximum Gasteiger partial charge on any atom is 0.329 e. The van der Waals surface area contributed by atoms with Crippen LogP contribution in [-0.2, 0) is 16.2 Å². The number of hydrogen-bond donors (Lipinski definition) is 2. The number of carbonyl (C=O) groups is 2. The minimum atomic E-state index is -0.936. The van der Waals surface area contributed by atoms with Crippen molar-refractivity contribution in [2.24, 2.45) is 5.10 Å². The number of rotatable bonds is 9. The number of benzene rings is 3. The van der Waals surface area contributed by atoms with Gasteiger partial charge in [0.2, 0.25) is 0 Å². The Kier molecular flexibility index (Phi) is 9.34. The molecule has 0 fully saturated rings. The Labute approximate surface area is 212 Å². The molecule has 0 bridgehead atoms. The molecule has 0 atom stereocenters. The van der Waals surface area contributed by atoms with E-state index in [2.05, 4.69) is 15.8 Å². The molecule has 2 N–H and O–H groups in total. The average Bonchev–Trinajstić information content (AvgIpc) is 2.85. The lowest BCUT2D eigenvalue weighted by atomic mass is 10.2. The van der Waals surface area contributed by atoms with E-state index in [1.54, 1.807) is 60.7 Å². The summed E-state index contributed by atoms with van der Waals surface area (Å²) < 4.78 is 16.7. The summed E-state index contributed by atoms with van der Waals surface area (Å²) in [6.07, 6.45) is 1.38. The molecule has 0 aliphatic carbocycles. The van der Waals surface area contributed by atoms with E-state index >= 15 is 0 Å². The molecule has 0 aliphatic rings. The summed E-state index contributed by atoms with van der Waals surface area (Å²) in [5.74, 6) is -0.433. The van der Waals surface area contributed by atoms with Crippen molar-refractivity contribution < 1.29 is 23.8 Å². The summed E-state index contributed by atoms with van der Waals surface area (Å²) in [6, 6.07) is 17.1. The molecule has 0 aromatic heterocycles. The fraction of sp³-hybridized carbons (Fsp3) is 0.160. The van der Waals surface area contributed by atoms with Gasteiger partial charge in [-0.2, -0.15) is 5.10 Å². The molecule has 0 heterocycles. The summed E-state index contributed by atoms with van der Waals surface area (Å²) in [7, 11) is 1.47. The summed E-state index contributed by atoms with van der Waals surface area (Å²) in [4.78, 5) is 24.2. The van der Waals surface area contributed by atoms with Gasteiger partial charge in [0.05, 0.1) is 25.6 Å². The van der Waals surface area contributed by atoms with Crippen LogP contribution in [0.5, 0.6) is 17.2 Å². The number of nitrogens with one attached hydrogen (secondary N) is 2. The Bertz CT molecular complexity index is 1210. The first-order valence-electron chi connectivity index (χ1n) is 10.5.